The Morgan fingerprint density at radius 3 is 1.67 bits per heavy atom. The van der Waals surface area contributed by atoms with Crippen LogP contribution in [0.2, 0.25) is 0 Å². The van der Waals surface area contributed by atoms with Crippen LogP contribution >= 0.6 is 0 Å². The molecule has 0 aromatic heterocycles. The highest BCUT2D eigenvalue weighted by Crippen LogP contribution is 2.09. The predicted molar refractivity (Wildman–Crippen MR) is 62.8 cm³/mol. The fourth-order valence-corrected chi connectivity index (χ4v) is 1.54. The third-order valence-corrected chi connectivity index (χ3v) is 2.43. The third-order valence-electron chi connectivity index (χ3n) is 2.43. The van der Waals surface area contributed by atoms with E-state index < -0.39 is 0 Å². The summed E-state index contributed by atoms with van der Waals surface area (Å²) in [5, 5.41) is 6.75. The molecule has 2 nitrogen and oxygen atoms in total. The van der Waals surface area contributed by atoms with Crippen molar-refractivity contribution in [2.24, 2.45) is 0 Å². The van der Waals surface area contributed by atoms with Gasteiger partial charge in [-0.3, -0.25) is 0 Å². The van der Waals surface area contributed by atoms with Gasteiger partial charge < -0.3 is 5.41 Å². The molecule has 0 heterocycles. The van der Waals surface area contributed by atoms with Gasteiger partial charge in [0.05, 0.1) is 12.3 Å². The van der Waals surface area contributed by atoms with Crippen molar-refractivity contribution in [2.75, 3.05) is 0 Å². The number of nitrogens with one attached hydrogen (secondary N) is 1. The van der Waals surface area contributed by atoms with Gasteiger partial charge in [-0.15, -0.1) is 0 Å². The van der Waals surface area contributed by atoms with Crippen molar-refractivity contribution in [1.29, 1.82) is 5.41 Å². The summed E-state index contributed by atoms with van der Waals surface area (Å²) < 4.78 is 0. The van der Waals surface area contributed by atoms with Crippen molar-refractivity contribution in [2.45, 2.75) is 64.2 Å². The molecule has 0 aliphatic heterocycles. The molecule has 0 unspecified atom stereocenters. The van der Waals surface area contributed by atoms with Crippen LogP contribution in [0.25, 0.3) is 0 Å². The van der Waals surface area contributed by atoms with Crippen LogP contribution in [0.5, 0.6) is 0 Å². The molecule has 1 N–H and O–H groups in total. The Hall–Kier alpha value is -0.880. The molecule has 0 bridgehead atoms. The molecule has 0 atom stereocenters. The van der Waals surface area contributed by atoms with E-state index in [9.17, 15) is 4.79 Å². The van der Waals surface area contributed by atoms with E-state index in [-0.39, 0.29) is 0 Å². The fraction of sp³-hybridized carbons (Fsp3) is 0.769. The van der Waals surface area contributed by atoms with E-state index in [2.05, 4.69) is 12.3 Å². The lowest BCUT2D eigenvalue weighted by Gasteiger charge is -1.99. The molecule has 0 aliphatic rings. The molecule has 2 heteroatoms. The SMILES string of the molecule is N=[C]CCCCCCCCCC[C]=C=O. The van der Waals surface area contributed by atoms with Crippen molar-refractivity contribution < 1.29 is 4.79 Å². The molecule has 0 aromatic rings. The predicted octanol–water partition coefficient (Wildman–Crippen LogP) is 3.60. The van der Waals surface area contributed by atoms with Gasteiger partial charge in [0.1, 0.15) is 5.94 Å². The molecule has 0 aliphatic carbocycles. The van der Waals surface area contributed by atoms with E-state index in [0.717, 1.165) is 25.7 Å². The van der Waals surface area contributed by atoms with E-state index in [1.807, 2.05) is 0 Å². The number of hydrogen-bond donors (Lipinski definition) is 1. The van der Waals surface area contributed by atoms with Crippen molar-refractivity contribution in [1.82, 2.24) is 0 Å². The highest BCUT2D eigenvalue weighted by Gasteiger charge is 1.91. The summed E-state index contributed by atoms with van der Waals surface area (Å²) >= 11 is 0. The second-order valence-electron chi connectivity index (χ2n) is 3.78. The molecular formula is C13H21NO. The molecule has 0 aromatic carbocycles. The van der Waals surface area contributed by atoms with Crippen molar-refractivity contribution in [3.8, 4) is 0 Å². The minimum absolute atomic E-state index is 0.763. The highest BCUT2D eigenvalue weighted by molar-refractivity contribution is 5.52. The average molecular weight is 207 g/mol. The third kappa shape index (κ3) is 13.1. The van der Waals surface area contributed by atoms with Crippen LogP contribution in [0.4, 0.5) is 0 Å². The summed E-state index contributed by atoms with van der Waals surface area (Å²) in [5.74, 6) is 1.68. The van der Waals surface area contributed by atoms with Gasteiger partial charge in [0.15, 0.2) is 0 Å². The topological polar surface area (TPSA) is 40.9 Å². The maximum Gasteiger partial charge on any atom is 0.128 e. The number of carbonyl (C=O) groups excluding carboxylic acids is 1. The molecule has 15 heavy (non-hydrogen) atoms. The molecular weight excluding hydrogens is 186 g/mol. The summed E-state index contributed by atoms with van der Waals surface area (Å²) in [7, 11) is 0. The fourth-order valence-electron chi connectivity index (χ4n) is 1.54. The van der Waals surface area contributed by atoms with Gasteiger partial charge in [0, 0.05) is 0 Å². The first-order chi connectivity index (χ1) is 7.41. The standard InChI is InChI=1S/C13H21NO/c14-12-10-8-6-4-2-1-3-5-7-9-11-13-15/h14H,1-10H2. The molecule has 0 amide bonds. The zero-order chi connectivity index (χ0) is 11.2. The van der Waals surface area contributed by atoms with E-state index in [1.165, 1.54) is 38.5 Å². The van der Waals surface area contributed by atoms with Gasteiger partial charge in [-0.2, -0.15) is 0 Å². The highest BCUT2D eigenvalue weighted by atomic mass is 16.1. The first kappa shape index (κ1) is 14.1. The Labute approximate surface area is 93.3 Å². The Morgan fingerprint density at radius 1 is 0.733 bits per heavy atom. The van der Waals surface area contributed by atoms with Gasteiger partial charge in [0.25, 0.3) is 0 Å². The van der Waals surface area contributed by atoms with Crippen molar-refractivity contribution >= 4 is 12.2 Å². The largest absolute Gasteiger partial charge is 0.303 e. The van der Waals surface area contributed by atoms with Gasteiger partial charge >= 0.3 is 0 Å². The number of rotatable bonds is 11. The van der Waals surface area contributed by atoms with E-state index in [4.69, 9.17) is 5.41 Å². The van der Waals surface area contributed by atoms with Gasteiger partial charge in [0.2, 0.25) is 0 Å². The summed E-state index contributed by atoms with van der Waals surface area (Å²) in [6.45, 7) is 0. The second-order valence-corrected chi connectivity index (χ2v) is 3.78. The quantitative estimate of drug-likeness (QED) is 0.314. The maximum absolute atomic E-state index is 9.81. The van der Waals surface area contributed by atoms with Crippen LogP contribution in [0.15, 0.2) is 0 Å². The van der Waals surface area contributed by atoms with Crippen LogP contribution < -0.4 is 0 Å². The van der Waals surface area contributed by atoms with Crippen molar-refractivity contribution in [3.05, 3.63) is 6.08 Å². The van der Waals surface area contributed by atoms with E-state index >= 15 is 0 Å². The van der Waals surface area contributed by atoms with E-state index in [1.54, 1.807) is 5.94 Å². The lowest BCUT2D eigenvalue weighted by molar-refractivity contribution is 0.562. The van der Waals surface area contributed by atoms with Gasteiger partial charge in [-0.05, 0) is 25.7 Å². The van der Waals surface area contributed by atoms with Crippen LogP contribution in [0, 0.1) is 11.5 Å². The molecule has 0 saturated heterocycles. The summed E-state index contributed by atoms with van der Waals surface area (Å²) in [4.78, 5) is 9.81. The Morgan fingerprint density at radius 2 is 1.20 bits per heavy atom. The normalized spacial score (nSPS) is 9.60. The summed E-state index contributed by atoms with van der Waals surface area (Å²) in [5.41, 5.74) is 0. The Kier molecular flexibility index (Phi) is 12.4. The Balaban J connectivity index is 2.92. The Bertz CT molecular complexity index is 183. The second kappa shape index (κ2) is 13.1. The number of allylic oxidation sites excluding steroid dienone is 1. The first-order valence-electron chi connectivity index (χ1n) is 5.91. The van der Waals surface area contributed by atoms with Crippen LogP contribution in [-0.2, 0) is 4.79 Å². The van der Waals surface area contributed by atoms with Crippen LogP contribution in [-0.4, -0.2) is 12.2 Å². The molecule has 84 valence electrons. The molecule has 2 radical (unpaired) electrons. The molecule has 0 rings (SSSR count). The number of hydrogen-bond acceptors (Lipinski definition) is 2. The van der Waals surface area contributed by atoms with Gasteiger partial charge in [-0.1, -0.05) is 38.5 Å². The average Bonchev–Trinajstić information content (AvgIpc) is 2.26. The summed E-state index contributed by atoms with van der Waals surface area (Å²) in [6.07, 6.45) is 16.3. The first-order valence-corrected chi connectivity index (χ1v) is 5.91. The maximum atomic E-state index is 9.81. The smallest absolute Gasteiger partial charge is 0.128 e. The van der Waals surface area contributed by atoms with Gasteiger partial charge in [-0.25, -0.2) is 4.79 Å². The minimum Gasteiger partial charge on any atom is -0.303 e. The molecule has 0 spiro atoms. The van der Waals surface area contributed by atoms with E-state index in [0.29, 0.717) is 0 Å². The summed E-state index contributed by atoms with van der Waals surface area (Å²) in [6, 6.07) is 0. The molecule has 0 saturated carbocycles. The van der Waals surface area contributed by atoms with Crippen LogP contribution in [0.1, 0.15) is 64.2 Å². The zero-order valence-electron chi connectivity index (χ0n) is 9.48. The number of unbranched alkanes of at least 4 members (excludes halogenated alkanes) is 9. The van der Waals surface area contributed by atoms with Crippen molar-refractivity contribution in [3.63, 3.8) is 0 Å². The van der Waals surface area contributed by atoms with Crippen LogP contribution in [0.3, 0.4) is 0 Å². The lowest BCUT2D eigenvalue weighted by Crippen LogP contribution is -1.82. The lowest BCUT2D eigenvalue weighted by atomic mass is 10.1. The molecule has 0 fully saturated rings. The monoisotopic (exact) mass is 207 g/mol. The minimum atomic E-state index is 0.763. The zero-order valence-corrected chi connectivity index (χ0v) is 9.48.